The van der Waals surface area contributed by atoms with E-state index in [2.05, 4.69) is 29.4 Å². The Morgan fingerprint density at radius 2 is 1.88 bits per heavy atom. The Morgan fingerprint density at radius 3 is 2.47 bits per heavy atom. The molecule has 0 unspecified atom stereocenters. The van der Waals surface area contributed by atoms with Gasteiger partial charge in [0.15, 0.2) is 5.11 Å². The van der Waals surface area contributed by atoms with Gasteiger partial charge in [-0.15, -0.1) is 0 Å². The fourth-order valence-electron chi connectivity index (χ4n) is 2.35. The highest BCUT2D eigenvalue weighted by Gasteiger charge is 2.14. The van der Waals surface area contributed by atoms with E-state index in [9.17, 15) is 0 Å². The molecule has 1 saturated carbocycles. The molecule has 0 heterocycles. The third-order valence-electron chi connectivity index (χ3n) is 3.52. The summed E-state index contributed by atoms with van der Waals surface area (Å²) in [7, 11) is 0. The maximum Gasteiger partial charge on any atom is 0.166 e. The van der Waals surface area contributed by atoms with E-state index in [0.29, 0.717) is 6.04 Å². The summed E-state index contributed by atoms with van der Waals surface area (Å²) in [5.41, 5.74) is 0. The van der Waals surface area contributed by atoms with Crippen LogP contribution in [0.3, 0.4) is 0 Å². The lowest BCUT2D eigenvalue weighted by molar-refractivity contribution is 0.300. The quantitative estimate of drug-likeness (QED) is 0.540. The zero-order valence-electron chi connectivity index (χ0n) is 11.3. The highest BCUT2D eigenvalue weighted by atomic mass is 32.1. The second kappa shape index (κ2) is 8.70. The van der Waals surface area contributed by atoms with E-state index in [0.717, 1.165) is 37.7 Å². The average molecular weight is 257 g/mol. The first-order valence-electron chi connectivity index (χ1n) is 7.03. The molecule has 1 rings (SSSR count). The summed E-state index contributed by atoms with van der Waals surface area (Å²) in [6.45, 7) is 8.84. The molecule has 4 heteroatoms. The summed E-state index contributed by atoms with van der Waals surface area (Å²) in [4.78, 5) is 2.44. The van der Waals surface area contributed by atoms with E-state index in [1.54, 1.807) is 0 Å². The van der Waals surface area contributed by atoms with Gasteiger partial charge in [0.25, 0.3) is 0 Å². The van der Waals surface area contributed by atoms with Crippen molar-refractivity contribution in [2.45, 2.75) is 52.0 Å². The summed E-state index contributed by atoms with van der Waals surface area (Å²) >= 11 is 5.29. The molecule has 1 fully saturated rings. The molecule has 3 nitrogen and oxygen atoms in total. The summed E-state index contributed by atoms with van der Waals surface area (Å²) in [6.07, 6.45) is 6.42. The lowest BCUT2D eigenvalue weighted by Gasteiger charge is -2.19. The predicted octanol–water partition coefficient (Wildman–Crippen LogP) is 2.12. The van der Waals surface area contributed by atoms with Crippen LogP contribution in [0.4, 0.5) is 0 Å². The van der Waals surface area contributed by atoms with Crippen LogP contribution in [0.15, 0.2) is 0 Å². The largest absolute Gasteiger partial charge is 0.363 e. The first kappa shape index (κ1) is 14.7. The first-order chi connectivity index (χ1) is 8.26. The summed E-state index contributed by atoms with van der Waals surface area (Å²) in [6, 6.07) is 0.623. The van der Waals surface area contributed by atoms with Crippen molar-refractivity contribution in [2.24, 2.45) is 0 Å². The molecule has 0 aromatic heterocycles. The molecule has 0 saturated heterocycles. The normalized spacial score (nSPS) is 16.4. The molecule has 1 aliphatic carbocycles. The first-order valence-corrected chi connectivity index (χ1v) is 7.43. The Labute approximate surface area is 111 Å². The minimum absolute atomic E-state index is 0.623. The molecule has 100 valence electrons. The third-order valence-corrected chi connectivity index (χ3v) is 3.78. The average Bonchev–Trinajstić information content (AvgIpc) is 2.82. The highest BCUT2D eigenvalue weighted by Crippen LogP contribution is 2.17. The van der Waals surface area contributed by atoms with Crippen LogP contribution < -0.4 is 10.6 Å². The molecule has 0 radical (unpaired) electrons. The molecule has 0 aliphatic heterocycles. The maximum absolute atomic E-state index is 5.29. The lowest BCUT2D eigenvalue weighted by atomic mass is 10.3. The second-order valence-electron chi connectivity index (χ2n) is 4.76. The van der Waals surface area contributed by atoms with Gasteiger partial charge < -0.3 is 15.5 Å². The predicted molar refractivity (Wildman–Crippen MR) is 78.4 cm³/mol. The van der Waals surface area contributed by atoms with Gasteiger partial charge in [-0.1, -0.05) is 26.7 Å². The van der Waals surface area contributed by atoms with Gasteiger partial charge in [0.05, 0.1) is 0 Å². The minimum atomic E-state index is 0.623. The fourth-order valence-corrected chi connectivity index (χ4v) is 2.62. The Morgan fingerprint density at radius 1 is 1.24 bits per heavy atom. The van der Waals surface area contributed by atoms with Gasteiger partial charge in [-0.3, -0.25) is 0 Å². The van der Waals surface area contributed by atoms with Gasteiger partial charge in [-0.2, -0.15) is 0 Å². The molecule has 0 aromatic carbocycles. The Balaban J connectivity index is 1.99. The smallest absolute Gasteiger partial charge is 0.166 e. The molecule has 2 N–H and O–H groups in total. The molecule has 1 aliphatic rings. The van der Waals surface area contributed by atoms with Crippen LogP contribution in [0, 0.1) is 0 Å². The Bertz CT molecular complexity index is 211. The van der Waals surface area contributed by atoms with Crippen molar-refractivity contribution in [1.29, 1.82) is 0 Å². The lowest BCUT2D eigenvalue weighted by Crippen LogP contribution is -2.41. The van der Waals surface area contributed by atoms with Crippen LogP contribution in [0.25, 0.3) is 0 Å². The SMILES string of the molecule is CCN(CC)CCCNC(=S)NC1CCCC1. The number of thiocarbonyl (C=S) groups is 1. The van der Waals surface area contributed by atoms with Crippen LogP contribution >= 0.6 is 12.2 Å². The van der Waals surface area contributed by atoms with E-state index < -0.39 is 0 Å². The van der Waals surface area contributed by atoms with Crippen molar-refractivity contribution in [3.8, 4) is 0 Å². The molecule has 17 heavy (non-hydrogen) atoms. The number of hydrogen-bond acceptors (Lipinski definition) is 2. The topological polar surface area (TPSA) is 27.3 Å². The van der Waals surface area contributed by atoms with Gasteiger partial charge in [0.2, 0.25) is 0 Å². The van der Waals surface area contributed by atoms with Gasteiger partial charge in [-0.05, 0) is 51.1 Å². The maximum atomic E-state index is 5.29. The molecule has 0 spiro atoms. The molecule has 0 bridgehead atoms. The summed E-state index contributed by atoms with van der Waals surface area (Å²) in [5.74, 6) is 0. The van der Waals surface area contributed by atoms with Gasteiger partial charge in [0, 0.05) is 12.6 Å². The third kappa shape index (κ3) is 6.22. The standard InChI is InChI=1S/C13H27N3S/c1-3-16(4-2)11-7-10-14-13(17)15-12-8-5-6-9-12/h12H,3-11H2,1-2H3,(H2,14,15,17). The fraction of sp³-hybridized carbons (Fsp3) is 0.923. The Kier molecular flexibility index (Phi) is 7.53. The number of nitrogens with one attached hydrogen (secondary N) is 2. The van der Waals surface area contributed by atoms with Crippen molar-refractivity contribution >= 4 is 17.3 Å². The molecule has 0 atom stereocenters. The molecular weight excluding hydrogens is 230 g/mol. The zero-order valence-corrected chi connectivity index (χ0v) is 12.1. The zero-order chi connectivity index (χ0) is 12.5. The van der Waals surface area contributed by atoms with E-state index in [-0.39, 0.29) is 0 Å². The van der Waals surface area contributed by atoms with Crippen molar-refractivity contribution in [1.82, 2.24) is 15.5 Å². The number of nitrogens with zero attached hydrogens (tertiary/aromatic N) is 1. The van der Waals surface area contributed by atoms with Crippen molar-refractivity contribution < 1.29 is 0 Å². The van der Waals surface area contributed by atoms with E-state index >= 15 is 0 Å². The van der Waals surface area contributed by atoms with Crippen LogP contribution in [0.2, 0.25) is 0 Å². The van der Waals surface area contributed by atoms with Gasteiger partial charge >= 0.3 is 0 Å². The highest BCUT2D eigenvalue weighted by molar-refractivity contribution is 7.80. The van der Waals surface area contributed by atoms with Crippen LogP contribution in [0.5, 0.6) is 0 Å². The molecular formula is C13H27N3S. The minimum Gasteiger partial charge on any atom is -0.363 e. The van der Waals surface area contributed by atoms with Gasteiger partial charge in [-0.25, -0.2) is 0 Å². The molecule has 0 amide bonds. The van der Waals surface area contributed by atoms with E-state index in [1.165, 1.54) is 25.7 Å². The number of hydrogen-bond donors (Lipinski definition) is 2. The van der Waals surface area contributed by atoms with Crippen LogP contribution in [-0.2, 0) is 0 Å². The summed E-state index contributed by atoms with van der Waals surface area (Å²) < 4.78 is 0. The number of rotatable bonds is 7. The summed E-state index contributed by atoms with van der Waals surface area (Å²) in [5, 5.41) is 7.55. The van der Waals surface area contributed by atoms with Crippen LogP contribution in [-0.4, -0.2) is 42.2 Å². The van der Waals surface area contributed by atoms with Crippen molar-refractivity contribution in [3.63, 3.8) is 0 Å². The van der Waals surface area contributed by atoms with E-state index in [4.69, 9.17) is 12.2 Å². The Hall–Kier alpha value is -0.350. The van der Waals surface area contributed by atoms with Crippen LogP contribution in [0.1, 0.15) is 46.0 Å². The monoisotopic (exact) mass is 257 g/mol. The van der Waals surface area contributed by atoms with E-state index in [1.807, 2.05) is 0 Å². The van der Waals surface area contributed by atoms with Crippen molar-refractivity contribution in [2.75, 3.05) is 26.2 Å². The van der Waals surface area contributed by atoms with Crippen molar-refractivity contribution in [3.05, 3.63) is 0 Å². The molecule has 0 aromatic rings. The second-order valence-corrected chi connectivity index (χ2v) is 5.17. The van der Waals surface area contributed by atoms with Gasteiger partial charge in [0.1, 0.15) is 0 Å².